The topological polar surface area (TPSA) is 92.5 Å². The lowest BCUT2D eigenvalue weighted by molar-refractivity contribution is -0.323. The Morgan fingerprint density at radius 2 is 1.04 bits per heavy atom. The second-order valence-electron chi connectivity index (χ2n) is 5.28. The van der Waals surface area contributed by atoms with Crippen molar-refractivity contribution in [2.24, 2.45) is 0 Å². The molecule has 0 aliphatic rings. The van der Waals surface area contributed by atoms with Crippen molar-refractivity contribution in [3.63, 3.8) is 0 Å². The third-order valence-electron chi connectivity index (χ3n) is 3.64. The second kappa shape index (κ2) is 5.64. The van der Waals surface area contributed by atoms with E-state index in [-0.39, 0.29) is 0 Å². The van der Waals surface area contributed by atoms with Crippen LogP contribution in [0.4, 0.5) is 37.7 Å². The molecule has 4 nitrogen and oxygen atoms in total. The van der Waals surface area contributed by atoms with Gasteiger partial charge in [0, 0.05) is 11.1 Å². The van der Waals surface area contributed by atoms with Crippen molar-refractivity contribution in [3.8, 4) is 11.5 Å². The van der Waals surface area contributed by atoms with Gasteiger partial charge in [-0.2, -0.15) is 22.0 Å². The molecule has 0 fully saturated rings. The number of phenols is 2. The molecule has 0 atom stereocenters. The first-order valence-corrected chi connectivity index (χ1v) is 6.63. The number of hydrogen-bond donors (Lipinski definition) is 4. The maximum absolute atomic E-state index is 15.4. The largest absolute Gasteiger partial charge is 0.506 e. The lowest BCUT2D eigenvalue weighted by Gasteiger charge is -2.35. The second-order valence-corrected chi connectivity index (χ2v) is 5.28. The molecule has 0 radical (unpaired) electrons. The Morgan fingerprint density at radius 3 is 1.32 bits per heavy atom. The molecular formula is C15H12F6N2O2. The number of rotatable bonds is 3. The smallest absolute Gasteiger partial charge is 0.457 e. The van der Waals surface area contributed by atoms with Crippen LogP contribution < -0.4 is 11.5 Å². The standard InChI is InChI=1S/C15H12F6N2O2/c16-13(14(17,18)15(19,20)21,7-1-3-11(24)9(22)5-7)8-2-4-12(25)10(23)6-8/h1-6,24-25H,22-23H2. The predicted octanol–water partition coefficient (Wildman–Crippen LogP) is 3.67. The van der Waals surface area contributed by atoms with Gasteiger partial charge < -0.3 is 21.7 Å². The van der Waals surface area contributed by atoms with Crippen LogP contribution in [-0.2, 0) is 5.67 Å². The van der Waals surface area contributed by atoms with Crippen molar-refractivity contribution in [3.05, 3.63) is 47.5 Å². The molecule has 136 valence electrons. The van der Waals surface area contributed by atoms with E-state index in [0.717, 1.165) is 0 Å². The number of nitrogen functional groups attached to an aromatic ring is 2. The van der Waals surface area contributed by atoms with Gasteiger partial charge in [-0.25, -0.2) is 4.39 Å². The van der Waals surface area contributed by atoms with Crippen LogP contribution in [0.25, 0.3) is 0 Å². The molecule has 2 aromatic carbocycles. The van der Waals surface area contributed by atoms with E-state index in [9.17, 15) is 32.2 Å². The first kappa shape index (κ1) is 18.6. The summed E-state index contributed by atoms with van der Waals surface area (Å²) in [6.07, 6.45) is -6.25. The molecular weight excluding hydrogens is 354 g/mol. The molecule has 0 saturated heterocycles. The minimum atomic E-state index is -6.25. The minimum absolute atomic E-state index is 0.470. The summed E-state index contributed by atoms with van der Waals surface area (Å²) in [5.41, 5.74) is 2.71. The van der Waals surface area contributed by atoms with Crippen LogP contribution in [0.1, 0.15) is 11.1 Å². The van der Waals surface area contributed by atoms with E-state index in [2.05, 4.69) is 0 Å². The number of phenolic OH excluding ortho intramolecular Hbond substituents is 2. The summed E-state index contributed by atoms with van der Waals surface area (Å²) < 4.78 is 82.4. The zero-order valence-corrected chi connectivity index (χ0v) is 12.3. The molecule has 2 aromatic rings. The molecule has 25 heavy (non-hydrogen) atoms. The van der Waals surface area contributed by atoms with Gasteiger partial charge in [0.25, 0.3) is 0 Å². The van der Waals surface area contributed by atoms with Crippen molar-refractivity contribution in [2.75, 3.05) is 11.5 Å². The summed E-state index contributed by atoms with van der Waals surface area (Å²) in [6.45, 7) is 0. The molecule has 0 spiro atoms. The Kier molecular flexibility index (Phi) is 4.19. The average Bonchev–Trinajstić information content (AvgIpc) is 2.50. The molecule has 0 aromatic heterocycles. The first-order chi connectivity index (χ1) is 11.3. The van der Waals surface area contributed by atoms with E-state index >= 15 is 4.39 Å². The lowest BCUT2D eigenvalue weighted by atomic mass is 9.81. The number of halogens is 6. The van der Waals surface area contributed by atoms with E-state index in [1.165, 1.54) is 0 Å². The Morgan fingerprint density at radius 1 is 0.680 bits per heavy atom. The van der Waals surface area contributed by atoms with Crippen molar-refractivity contribution in [2.45, 2.75) is 17.8 Å². The molecule has 0 saturated carbocycles. The molecule has 2 rings (SSSR count). The van der Waals surface area contributed by atoms with E-state index < -0.39 is 51.8 Å². The molecule has 10 heteroatoms. The van der Waals surface area contributed by atoms with E-state index in [1.54, 1.807) is 0 Å². The number of aromatic hydroxyl groups is 2. The number of nitrogens with two attached hydrogens (primary N) is 2. The maximum atomic E-state index is 15.4. The number of alkyl halides is 6. The van der Waals surface area contributed by atoms with Gasteiger partial charge in [-0.1, -0.05) is 12.1 Å². The van der Waals surface area contributed by atoms with Crippen LogP contribution in [-0.4, -0.2) is 22.3 Å². The minimum Gasteiger partial charge on any atom is -0.506 e. The summed E-state index contributed by atoms with van der Waals surface area (Å²) in [4.78, 5) is 0. The fourth-order valence-corrected chi connectivity index (χ4v) is 2.26. The number of anilines is 2. The highest BCUT2D eigenvalue weighted by molar-refractivity contribution is 5.59. The van der Waals surface area contributed by atoms with Gasteiger partial charge in [0.1, 0.15) is 11.5 Å². The van der Waals surface area contributed by atoms with E-state index in [0.29, 0.717) is 36.4 Å². The summed E-state index contributed by atoms with van der Waals surface area (Å²) in [5, 5.41) is 18.6. The highest BCUT2D eigenvalue weighted by Gasteiger charge is 2.72. The Hall–Kier alpha value is -2.78. The molecule has 0 heterocycles. The van der Waals surface area contributed by atoms with E-state index in [4.69, 9.17) is 11.5 Å². The average molecular weight is 366 g/mol. The number of benzene rings is 2. The van der Waals surface area contributed by atoms with Gasteiger partial charge >= 0.3 is 12.1 Å². The Labute approximate surface area is 137 Å². The van der Waals surface area contributed by atoms with E-state index in [1.807, 2.05) is 0 Å². The van der Waals surface area contributed by atoms with Gasteiger partial charge in [-0.05, 0) is 24.3 Å². The third kappa shape index (κ3) is 2.77. The summed E-state index contributed by atoms with van der Waals surface area (Å²) in [6, 6.07) is 3.42. The third-order valence-corrected chi connectivity index (χ3v) is 3.64. The fourth-order valence-electron chi connectivity index (χ4n) is 2.26. The quantitative estimate of drug-likeness (QED) is 0.379. The van der Waals surface area contributed by atoms with Crippen LogP contribution in [0.15, 0.2) is 36.4 Å². The normalized spacial score (nSPS) is 13.0. The SMILES string of the molecule is Nc1cc(C(F)(c2ccc(O)c(N)c2)C(F)(F)C(F)(F)F)ccc1O. The van der Waals surface area contributed by atoms with Crippen LogP contribution in [0.2, 0.25) is 0 Å². The Balaban J connectivity index is 2.83. The zero-order chi connectivity index (χ0) is 19.2. The summed E-state index contributed by atoms with van der Waals surface area (Å²) in [7, 11) is 0. The highest BCUT2D eigenvalue weighted by atomic mass is 19.4. The van der Waals surface area contributed by atoms with Gasteiger partial charge in [0.05, 0.1) is 11.4 Å². The van der Waals surface area contributed by atoms with Gasteiger partial charge in [-0.3, -0.25) is 0 Å². The van der Waals surface area contributed by atoms with Crippen molar-refractivity contribution < 1.29 is 36.6 Å². The molecule has 0 amide bonds. The van der Waals surface area contributed by atoms with Crippen LogP contribution in [0, 0.1) is 0 Å². The monoisotopic (exact) mass is 366 g/mol. The zero-order valence-electron chi connectivity index (χ0n) is 12.3. The van der Waals surface area contributed by atoms with Crippen molar-refractivity contribution >= 4 is 11.4 Å². The summed E-state index contributed by atoms with van der Waals surface area (Å²) >= 11 is 0. The summed E-state index contributed by atoms with van der Waals surface area (Å²) in [5.74, 6) is -7.11. The molecule has 6 N–H and O–H groups in total. The van der Waals surface area contributed by atoms with Crippen LogP contribution in [0.5, 0.6) is 11.5 Å². The van der Waals surface area contributed by atoms with Crippen molar-refractivity contribution in [1.82, 2.24) is 0 Å². The molecule has 0 aliphatic carbocycles. The van der Waals surface area contributed by atoms with Crippen LogP contribution >= 0.6 is 0 Å². The first-order valence-electron chi connectivity index (χ1n) is 6.63. The lowest BCUT2D eigenvalue weighted by Crippen LogP contribution is -2.53. The fraction of sp³-hybridized carbons (Fsp3) is 0.200. The molecule has 0 aliphatic heterocycles. The van der Waals surface area contributed by atoms with Gasteiger partial charge in [0.15, 0.2) is 0 Å². The molecule has 0 bridgehead atoms. The van der Waals surface area contributed by atoms with Crippen LogP contribution in [0.3, 0.4) is 0 Å². The molecule has 0 unspecified atom stereocenters. The Bertz CT molecular complexity index is 756. The predicted molar refractivity (Wildman–Crippen MR) is 77.9 cm³/mol. The van der Waals surface area contributed by atoms with Crippen molar-refractivity contribution in [1.29, 1.82) is 0 Å². The van der Waals surface area contributed by atoms with Gasteiger partial charge in [-0.15, -0.1) is 0 Å². The highest BCUT2D eigenvalue weighted by Crippen LogP contribution is 2.55. The number of hydrogen-bond acceptors (Lipinski definition) is 4. The van der Waals surface area contributed by atoms with Gasteiger partial charge in [0.2, 0.25) is 5.67 Å². The maximum Gasteiger partial charge on any atom is 0.457 e.